The highest BCUT2D eigenvalue weighted by molar-refractivity contribution is 6.06. The minimum Gasteiger partial charge on any atom is -0.443 e. The van der Waals surface area contributed by atoms with E-state index in [4.69, 9.17) is 10.1 Å². The van der Waals surface area contributed by atoms with Crippen molar-refractivity contribution in [1.29, 1.82) is 10.7 Å². The molecule has 3 heterocycles. The number of rotatable bonds is 6. The number of nitrogens with two attached hydrogens (primary N) is 1. The van der Waals surface area contributed by atoms with E-state index in [9.17, 15) is 24.4 Å². The van der Waals surface area contributed by atoms with Crippen LogP contribution in [-0.4, -0.2) is 53.6 Å². The van der Waals surface area contributed by atoms with Gasteiger partial charge in [0, 0.05) is 43.1 Å². The third-order valence-corrected chi connectivity index (χ3v) is 6.42. The largest absolute Gasteiger partial charge is 0.443 e. The number of imide groups is 1. The number of hydrogen-bond acceptors (Lipinski definition) is 7. The van der Waals surface area contributed by atoms with Gasteiger partial charge in [-0.2, -0.15) is 5.26 Å². The van der Waals surface area contributed by atoms with Crippen LogP contribution in [0.2, 0.25) is 0 Å². The molecule has 2 saturated heterocycles. The zero-order valence-electron chi connectivity index (χ0n) is 19.5. The lowest BCUT2D eigenvalue weighted by Gasteiger charge is -2.29. The van der Waals surface area contributed by atoms with Crippen LogP contribution in [0, 0.1) is 22.6 Å². The number of halogens is 1. The van der Waals surface area contributed by atoms with Crippen LogP contribution in [0.1, 0.15) is 59.2 Å². The molecule has 3 aliphatic rings. The number of benzene rings is 1. The number of nitriles is 1. The molecule has 1 aromatic rings. The molecule has 0 radical (unpaired) electrons. The van der Waals surface area contributed by atoms with Gasteiger partial charge in [0.2, 0.25) is 11.8 Å². The molecule has 36 heavy (non-hydrogen) atoms. The second kappa shape index (κ2) is 10.7. The Kier molecular flexibility index (Phi) is 7.40. The molecule has 12 heteroatoms. The van der Waals surface area contributed by atoms with Crippen LogP contribution in [-0.2, 0) is 27.4 Å². The first-order chi connectivity index (χ1) is 17.3. The Balaban J connectivity index is 1.41. The standard InChI is InChI=1S/C24H25FN6O5/c25-21-14(10-29-24(35)36-12-15(27)8-16-3-1-2-6-28-16)7-13(9-26)17-11-31(23(34)20(17)21)18-4-5-19(32)30-22(18)33/h7-8,18,27-28H,1-6,10-12H2,(H,29,35)(H,30,32,33)/p+1/b16-8-,27-15?. The van der Waals surface area contributed by atoms with Crippen molar-refractivity contribution in [2.75, 3.05) is 13.2 Å². The Morgan fingerprint density at radius 2 is 2.17 bits per heavy atom. The highest BCUT2D eigenvalue weighted by Gasteiger charge is 2.42. The number of amides is 4. The van der Waals surface area contributed by atoms with Crippen molar-refractivity contribution in [1.82, 2.24) is 15.5 Å². The lowest BCUT2D eigenvalue weighted by atomic mass is 9.99. The summed E-state index contributed by atoms with van der Waals surface area (Å²) in [7, 11) is 0. The third-order valence-electron chi connectivity index (χ3n) is 6.42. The zero-order valence-corrected chi connectivity index (χ0v) is 19.5. The van der Waals surface area contributed by atoms with E-state index in [-0.39, 0.29) is 60.5 Å². The Hall–Kier alpha value is -4.11. The number of piperidine rings is 2. The fraction of sp³-hybridized carbons (Fsp3) is 0.417. The van der Waals surface area contributed by atoms with Gasteiger partial charge in [0.05, 0.1) is 29.5 Å². The normalized spacial score (nSPS) is 20.6. The number of carbonyl (C=O) groups is 4. The van der Waals surface area contributed by atoms with Crippen LogP contribution in [0.5, 0.6) is 0 Å². The molecular formula is C24H26FN6O5+. The number of alkyl carbamates (subject to hydrolysis) is 1. The summed E-state index contributed by atoms with van der Waals surface area (Å²) < 4.78 is 20.3. The molecule has 11 nitrogen and oxygen atoms in total. The highest BCUT2D eigenvalue weighted by Crippen LogP contribution is 2.33. The summed E-state index contributed by atoms with van der Waals surface area (Å²) in [4.78, 5) is 49.9. The van der Waals surface area contributed by atoms with Crippen molar-refractivity contribution in [3.63, 3.8) is 0 Å². The van der Waals surface area contributed by atoms with E-state index in [0.717, 1.165) is 36.4 Å². The van der Waals surface area contributed by atoms with Gasteiger partial charge in [-0.15, -0.1) is 0 Å². The minimum atomic E-state index is -0.943. The van der Waals surface area contributed by atoms with Gasteiger partial charge < -0.3 is 25.7 Å². The van der Waals surface area contributed by atoms with E-state index in [1.165, 1.54) is 6.07 Å². The lowest BCUT2D eigenvalue weighted by molar-refractivity contribution is -0.615. The van der Waals surface area contributed by atoms with Crippen molar-refractivity contribution >= 4 is 29.5 Å². The second-order valence-electron chi connectivity index (χ2n) is 8.89. The fourth-order valence-electron chi connectivity index (χ4n) is 4.61. The van der Waals surface area contributed by atoms with Crippen molar-refractivity contribution in [2.24, 2.45) is 0 Å². The zero-order chi connectivity index (χ0) is 25.8. The van der Waals surface area contributed by atoms with Crippen molar-refractivity contribution < 1.29 is 33.6 Å². The molecule has 0 bridgehead atoms. The fourth-order valence-corrected chi connectivity index (χ4v) is 4.61. The van der Waals surface area contributed by atoms with Crippen molar-refractivity contribution in [3.05, 3.63) is 45.9 Å². The maximum absolute atomic E-state index is 15.3. The van der Waals surface area contributed by atoms with E-state index < -0.39 is 35.7 Å². The van der Waals surface area contributed by atoms with Crippen LogP contribution in [0.3, 0.4) is 0 Å². The monoisotopic (exact) mass is 497 g/mol. The van der Waals surface area contributed by atoms with Crippen LogP contribution < -0.4 is 16.0 Å². The number of nitrogens with one attached hydrogen (secondary N) is 3. The van der Waals surface area contributed by atoms with Gasteiger partial charge in [0.15, 0.2) is 0 Å². The second-order valence-corrected chi connectivity index (χ2v) is 8.89. The summed E-state index contributed by atoms with van der Waals surface area (Å²) in [5, 5.41) is 24.1. The minimum absolute atomic E-state index is 0.0498. The smallest absolute Gasteiger partial charge is 0.407 e. The van der Waals surface area contributed by atoms with E-state index in [0.29, 0.717) is 0 Å². The number of hydrogen-bond donors (Lipinski definition) is 4. The Labute approximate surface area is 206 Å². The van der Waals surface area contributed by atoms with Gasteiger partial charge in [-0.3, -0.25) is 19.7 Å². The maximum Gasteiger partial charge on any atom is 0.407 e. The molecule has 0 spiro atoms. The number of quaternary nitrogens is 1. The van der Waals surface area contributed by atoms with Gasteiger partial charge in [-0.1, -0.05) is 0 Å². The van der Waals surface area contributed by atoms with Crippen molar-refractivity contribution in [3.8, 4) is 6.07 Å². The van der Waals surface area contributed by atoms with Crippen LogP contribution in [0.15, 0.2) is 17.8 Å². The summed E-state index contributed by atoms with van der Waals surface area (Å²) in [6.45, 7) is 0.232. The van der Waals surface area contributed by atoms with Crippen molar-refractivity contribution in [2.45, 2.75) is 51.2 Å². The molecule has 1 atom stereocenters. The lowest BCUT2D eigenvalue weighted by Crippen LogP contribution is -2.83. The molecule has 3 aliphatic heterocycles. The first kappa shape index (κ1) is 25.0. The van der Waals surface area contributed by atoms with E-state index in [1.54, 1.807) is 6.08 Å². The topological polar surface area (TPSA) is 169 Å². The molecule has 5 N–H and O–H groups in total. The van der Waals surface area contributed by atoms with Gasteiger partial charge in [0.1, 0.15) is 24.2 Å². The van der Waals surface area contributed by atoms with Gasteiger partial charge in [-0.05, 0) is 25.3 Å². The SMILES string of the molecule is N#Cc1cc(CNC(=O)OCC(=N)/C=C2/CCCC[NH2+]2)c(F)c2c1CN(C1CCC(=O)NC1=O)C2=O. The predicted octanol–water partition coefficient (Wildman–Crippen LogP) is 0.336. The maximum atomic E-state index is 15.3. The number of nitrogens with zero attached hydrogens (tertiary/aromatic N) is 2. The van der Waals surface area contributed by atoms with Crippen LogP contribution >= 0.6 is 0 Å². The number of carbonyl (C=O) groups excluding carboxylic acids is 4. The molecule has 1 aromatic carbocycles. The Bertz CT molecular complexity index is 1210. The summed E-state index contributed by atoms with van der Waals surface area (Å²) in [5.74, 6) is -2.73. The molecule has 0 saturated carbocycles. The van der Waals surface area contributed by atoms with E-state index in [1.807, 2.05) is 6.07 Å². The van der Waals surface area contributed by atoms with Gasteiger partial charge >= 0.3 is 6.09 Å². The molecule has 4 rings (SSSR count). The summed E-state index contributed by atoms with van der Waals surface area (Å²) >= 11 is 0. The third kappa shape index (κ3) is 5.26. The molecule has 4 amide bonds. The highest BCUT2D eigenvalue weighted by atomic mass is 19.1. The molecule has 1 unspecified atom stereocenters. The summed E-state index contributed by atoms with van der Waals surface area (Å²) in [6.07, 6.45) is 4.02. The van der Waals surface area contributed by atoms with E-state index in [2.05, 4.69) is 16.0 Å². The molecule has 2 fully saturated rings. The first-order valence-electron chi connectivity index (χ1n) is 11.7. The first-order valence-corrected chi connectivity index (χ1v) is 11.7. The average molecular weight is 498 g/mol. The molecule has 0 aromatic heterocycles. The number of fused-ring (bicyclic) bond motifs is 1. The number of ether oxygens (including phenoxy) is 1. The Morgan fingerprint density at radius 3 is 2.86 bits per heavy atom. The molecular weight excluding hydrogens is 471 g/mol. The molecule has 0 aliphatic carbocycles. The summed E-state index contributed by atoms with van der Waals surface area (Å²) in [5.41, 5.74) is 0.980. The molecule has 188 valence electrons. The summed E-state index contributed by atoms with van der Waals surface area (Å²) in [6, 6.07) is 2.25. The average Bonchev–Trinajstić information content (AvgIpc) is 3.20. The quantitative estimate of drug-likeness (QED) is 0.326. The number of allylic oxidation sites excluding steroid dienone is 1. The van der Waals surface area contributed by atoms with Gasteiger partial charge in [-0.25, -0.2) is 9.18 Å². The van der Waals surface area contributed by atoms with E-state index >= 15 is 4.39 Å². The van der Waals surface area contributed by atoms with Crippen LogP contribution in [0.4, 0.5) is 9.18 Å². The predicted molar refractivity (Wildman–Crippen MR) is 122 cm³/mol. The Morgan fingerprint density at radius 1 is 1.36 bits per heavy atom. The van der Waals surface area contributed by atoms with Gasteiger partial charge in [0.25, 0.3) is 5.91 Å². The van der Waals surface area contributed by atoms with Crippen LogP contribution in [0.25, 0.3) is 0 Å².